The van der Waals surface area contributed by atoms with E-state index in [9.17, 15) is 4.79 Å². The van der Waals surface area contributed by atoms with Crippen LogP contribution in [0.1, 0.15) is 23.2 Å². The third kappa shape index (κ3) is 3.42. The van der Waals surface area contributed by atoms with Crippen molar-refractivity contribution in [1.82, 2.24) is 19.5 Å². The zero-order valence-corrected chi connectivity index (χ0v) is 13.8. The highest BCUT2D eigenvalue weighted by molar-refractivity contribution is 5.32. The van der Waals surface area contributed by atoms with Crippen LogP contribution in [-0.4, -0.2) is 25.6 Å². The SMILES string of the molecule is O=c1ccc2c(n1Cc1cccnc1)CC[C@@H](Nc1ncccn1)C2. The van der Waals surface area contributed by atoms with Gasteiger partial charge >= 0.3 is 0 Å². The number of anilines is 1. The molecule has 0 amide bonds. The van der Waals surface area contributed by atoms with Crippen LogP contribution in [0, 0.1) is 0 Å². The van der Waals surface area contributed by atoms with Crippen LogP contribution in [0.15, 0.2) is 59.9 Å². The number of nitrogens with one attached hydrogen (secondary N) is 1. The lowest BCUT2D eigenvalue weighted by atomic mass is 9.91. The van der Waals surface area contributed by atoms with Crippen molar-refractivity contribution in [2.45, 2.75) is 31.8 Å². The summed E-state index contributed by atoms with van der Waals surface area (Å²) in [6.45, 7) is 0.565. The number of aromatic nitrogens is 4. The molecule has 1 atom stereocenters. The monoisotopic (exact) mass is 333 g/mol. The molecule has 0 saturated carbocycles. The van der Waals surface area contributed by atoms with E-state index in [2.05, 4.69) is 20.3 Å². The van der Waals surface area contributed by atoms with Crippen LogP contribution >= 0.6 is 0 Å². The standard InChI is InChI=1S/C19H19N5O/c25-18-7-4-15-11-16(23-19-21-9-2-10-22-19)5-6-17(15)24(18)13-14-3-1-8-20-12-14/h1-4,7-10,12,16H,5-6,11,13H2,(H,21,22,23)/t16-/m1/s1. The Kier molecular flexibility index (Phi) is 4.24. The molecule has 3 aromatic rings. The number of nitrogens with zero attached hydrogens (tertiary/aromatic N) is 4. The van der Waals surface area contributed by atoms with E-state index in [0.717, 1.165) is 30.5 Å². The third-order valence-electron chi connectivity index (χ3n) is 4.55. The Morgan fingerprint density at radius 1 is 1.12 bits per heavy atom. The molecule has 4 rings (SSSR count). The lowest BCUT2D eigenvalue weighted by Gasteiger charge is -2.27. The van der Waals surface area contributed by atoms with Crippen LogP contribution < -0.4 is 10.9 Å². The third-order valence-corrected chi connectivity index (χ3v) is 4.55. The second kappa shape index (κ2) is 6.84. The summed E-state index contributed by atoms with van der Waals surface area (Å²) < 4.78 is 1.88. The summed E-state index contributed by atoms with van der Waals surface area (Å²) in [5.74, 6) is 0.652. The van der Waals surface area contributed by atoms with Crippen LogP contribution in [0.3, 0.4) is 0 Å². The number of rotatable bonds is 4. The van der Waals surface area contributed by atoms with Crippen molar-refractivity contribution in [3.63, 3.8) is 0 Å². The van der Waals surface area contributed by atoms with Gasteiger partial charge in [-0.3, -0.25) is 9.78 Å². The van der Waals surface area contributed by atoms with Gasteiger partial charge in [-0.25, -0.2) is 9.97 Å². The normalized spacial score (nSPS) is 16.2. The molecule has 0 unspecified atom stereocenters. The van der Waals surface area contributed by atoms with Crippen LogP contribution in [0.4, 0.5) is 5.95 Å². The summed E-state index contributed by atoms with van der Waals surface area (Å²) in [6.07, 6.45) is 9.69. The van der Waals surface area contributed by atoms with Gasteiger partial charge in [0, 0.05) is 42.6 Å². The zero-order chi connectivity index (χ0) is 17.1. The van der Waals surface area contributed by atoms with Crippen molar-refractivity contribution in [3.8, 4) is 0 Å². The van der Waals surface area contributed by atoms with Gasteiger partial charge in [-0.1, -0.05) is 12.1 Å². The maximum atomic E-state index is 12.4. The highest BCUT2D eigenvalue weighted by Gasteiger charge is 2.22. The van der Waals surface area contributed by atoms with Crippen molar-refractivity contribution in [2.24, 2.45) is 0 Å². The van der Waals surface area contributed by atoms with E-state index in [4.69, 9.17) is 0 Å². The van der Waals surface area contributed by atoms with Gasteiger partial charge in [0.25, 0.3) is 5.56 Å². The largest absolute Gasteiger partial charge is 0.351 e. The molecule has 0 aliphatic heterocycles. The summed E-state index contributed by atoms with van der Waals surface area (Å²) in [5.41, 5.74) is 3.42. The van der Waals surface area contributed by atoms with E-state index in [1.54, 1.807) is 30.7 Å². The molecule has 0 bridgehead atoms. The number of fused-ring (bicyclic) bond motifs is 1. The Balaban J connectivity index is 1.57. The van der Waals surface area contributed by atoms with Crippen LogP contribution in [0.5, 0.6) is 0 Å². The fourth-order valence-corrected chi connectivity index (χ4v) is 3.35. The van der Waals surface area contributed by atoms with E-state index in [1.165, 1.54) is 5.56 Å². The average Bonchev–Trinajstić information content (AvgIpc) is 2.66. The minimum Gasteiger partial charge on any atom is -0.351 e. The van der Waals surface area contributed by atoms with Crippen LogP contribution in [0.2, 0.25) is 0 Å². The molecule has 3 heterocycles. The van der Waals surface area contributed by atoms with E-state index < -0.39 is 0 Å². The smallest absolute Gasteiger partial charge is 0.251 e. The maximum Gasteiger partial charge on any atom is 0.251 e. The van der Waals surface area contributed by atoms with Gasteiger partial charge in [0.15, 0.2) is 0 Å². The Bertz CT molecular complexity index is 908. The van der Waals surface area contributed by atoms with Crippen molar-refractivity contribution in [1.29, 1.82) is 0 Å². The second-order valence-electron chi connectivity index (χ2n) is 6.25. The van der Waals surface area contributed by atoms with Gasteiger partial charge in [-0.05, 0) is 42.5 Å². The Hall–Kier alpha value is -3.02. The van der Waals surface area contributed by atoms with Crippen LogP contribution in [-0.2, 0) is 19.4 Å². The first-order chi connectivity index (χ1) is 12.3. The molecule has 0 spiro atoms. The molecule has 0 radical (unpaired) electrons. The number of pyridine rings is 2. The van der Waals surface area contributed by atoms with Gasteiger partial charge < -0.3 is 9.88 Å². The Morgan fingerprint density at radius 2 is 2.00 bits per heavy atom. The first-order valence-electron chi connectivity index (χ1n) is 8.43. The first kappa shape index (κ1) is 15.5. The molecule has 0 aromatic carbocycles. The second-order valence-corrected chi connectivity index (χ2v) is 6.25. The lowest BCUT2D eigenvalue weighted by molar-refractivity contribution is 0.557. The molecule has 0 fully saturated rings. The fourth-order valence-electron chi connectivity index (χ4n) is 3.35. The molecule has 3 aromatic heterocycles. The molecular formula is C19H19N5O. The highest BCUT2D eigenvalue weighted by atomic mass is 16.1. The first-order valence-corrected chi connectivity index (χ1v) is 8.43. The van der Waals surface area contributed by atoms with Crippen molar-refractivity contribution < 1.29 is 0 Å². The summed E-state index contributed by atoms with van der Waals surface area (Å²) in [6, 6.07) is 9.60. The van der Waals surface area contributed by atoms with Crippen molar-refractivity contribution in [3.05, 3.63) is 82.3 Å². The van der Waals surface area contributed by atoms with Crippen LogP contribution in [0.25, 0.3) is 0 Å². The van der Waals surface area contributed by atoms with Crippen molar-refractivity contribution in [2.75, 3.05) is 5.32 Å². The molecule has 126 valence electrons. The molecule has 1 N–H and O–H groups in total. The zero-order valence-electron chi connectivity index (χ0n) is 13.8. The quantitative estimate of drug-likeness (QED) is 0.791. The average molecular weight is 333 g/mol. The molecule has 1 aliphatic rings. The van der Waals surface area contributed by atoms with Gasteiger partial charge in [-0.2, -0.15) is 0 Å². The maximum absolute atomic E-state index is 12.4. The summed E-state index contributed by atoms with van der Waals surface area (Å²) in [4.78, 5) is 25.0. The topological polar surface area (TPSA) is 72.7 Å². The molecule has 6 nitrogen and oxygen atoms in total. The number of hydrogen-bond donors (Lipinski definition) is 1. The van der Waals surface area contributed by atoms with Crippen molar-refractivity contribution >= 4 is 5.95 Å². The lowest BCUT2D eigenvalue weighted by Crippen LogP contribution is -2.33. The molecule has 6 heteroatoms. The Labute approximate surface area is 145 Å². The van der Waals surface area contributed by atoms with E-state index in [0.29, 0.717) is 12.5 Å². The van der Waals surface area contributed by atoms with E-state index in [-0.39, 0.29) is 11.6 Å². The van der Waals surface area contributed by atoms with Gasteiger partial charge in [0.2, 0.25) is 5.95 Å². The fraction of sp³-hybridized carbons (Fsp3) is 0.263. The summed E-state index contributed by atoms with van der Waals surface area (Å²) in [7, 11) is 0. The van der Waals surface area contributed by atoms with Gasteiger partial charge in [0.1, 0.15) is 0 Å². The number of hydrogen-bond acceptors (Lipinski definition) is 5. The molecule has 25 heavy (non-hydrogen) atoms. The summed E-state index contributed by atoms with van der Waals surface area (Å²) >= 11 is 0. The molecule has 1 aliphatic carbocycles. The minimum absolute atomic E-state index is 0.0420. The highest BCUT2D eigenvalue weighted by Crippen LogP contribution is 2.22. The van der Waals surface area contributed by atoms with Gasteiger partial charge in [-0.15, -0.1) is 0 Å². The minimum atomic E-state index is 0.0420. The predicted molar refractivity (Wildman–Crippen MR) is 95.5 cm³/mol. The molecular weight excluding hydrogens is 314 g/mol. The van der Waals surface area contributed by atoms with E-state index >= 15 is 0 Å². The molecule has 0 saturated heterocycles. The Morgan fingerprint density at radius 3 is 2.80 bits per heavy atom. The van der Waals surface area contributed by atoms with Gasteiger partial charge in [0.05, 0.1) is 6.54 Å². The van der Waals surface area contributed by atoms with E-state index in [1.807, 2.05) is 29.0 Å². The predicted octanol–water partition coefficient (Wildman–Crippen LogP) is 2.05. The summed E-state index contributed by atoms with van der Waals surface area (Å²) in [5, 5.41) is 3.39.